The average Bonchev–Trinajstić information content (AvgIpc) is 3.82. The van der Waals surface area contributed by atoms with Crippen LogP contribution in [0.15, 0.2) is 36.0 Å². The minimum absolute atomic E-state index is 0.0979. The lowest BCUT2D eigenvalue weighted by molar-refractivity contribution is -0.0640. The number of rotatable bonds is 32. The van der Waals surface area contributed by atoms with E-state index in [0.717, 1.165) is 73.8 Å². The quantitative estimate of drug-likeness (QED) is 0.0499. The van der Waals surface area contributed by atoms with Crippen molar-refractivity contribution in [2.24, 2.45) is 41.4 Å². The predicted molar refractivity (Wildman–Crippen MR) is 255 cm³/mol. The summed E-state index contributed by atoms with van der Waals surface area (Å²) < 4.78 is 25.2. The highest BCUT2D eigenvalue weighted by molar-refractivity contribution is 5.19. The summed E-state index contributed by atoms with van der Waals surface area (Å²) in [5, 5.41) is 0. The summed E-state index contributed by atoms with van der Waals surface area (Å²) in [4.78, 5) is 2.63. The van der Waals surface area contributed by atoms with E-state index in [2.05, 4.69) is 69.9 Å². The maximum Gasteiger partial charge on any atom is 0.0936 e. The molecule has 346 valence electrons. The smallest absolute Gasteiger partial charge is 0.0936 e. The predicted octanol–water partition coefficient (Wildman–Crippen LogP) is 14.5. The first-order valence-corrected chi connectivity index (χ1v) is 26.6. The molecule has 4 aliphatic carbocycles. The SMILES string of the molecule is CCCCCC=CCC=CCCCCCCCCOCC(CN1C(C)CCC1C)OCCOCCO[C@H]1CCC2C(=CCC3C2CCC2C3CC[C@@H]2CCCCC(C)C)C1. The summed E-state index contributed by atoms with van der Waals surface area (Å²) in [5.74, 6) is 6.73. The van der Waals surface area contributed by atoms with Crippen LogP contribution in [-0.2, 0) is 18.9 Å². The third-order valence-electron chi connectivity index (χ3n) is 16.0. The second kappa shape index (κ2) is 29.5. The second-order valence-electron chi connectivity index (χ2n) is 20.9. The molecule has 0 bridgehead atoms. The summed E-state index contributed by atoms with van der Waals surface area (Å²) >= 11 is 0. The molecule has 8 unspecified atom stereocenters. The van der Waals surface area contributed by atoms with Crippen molar-refractivity contribution >= 4 is 0 Å². The van der Waals surface area contributed by atoms with Gasteiger partial charge < -0.3 is 18.9 Å². The van der Waals surface area contributed by atoms with Crippen molar-refractivity contribution in [1.29, 1.82) is 0 Å². The molecule has 5 rings (SSSR count). The van der Waals surface area contributed by atoms with Gasteiger partial charge in [-0.15, -0.1) is 0 Å². The molecule has 5 heteroatoms. The molecule has 60 heavy (non-hydrogen) atoms. The van der Waals surface area contributed by atoms with Crippen molar-refractivity contribution in [3.05, 3.63) is 36.0 Å². The van der Waals surface area contributed by atoms with Crippen molar-refractivity contribution in [3.63, 3.8) is 0 Å². The Kier molecular flexibility index (Phi) is 24.6. The fraction of sp³-hybridized carbons (Fsp3) is 0.891. The van der Waals surface area contributed by atoms with Crippen LogP contribution in [0.1, 0.15) is 202 Å². The first-order chi connectivity index (χ1) is 29.4. The molecule has 4 fully saturated rings. The summed E-state index contributed by atoms with van der Waals surface area (Å²) in [5.41, 5.74) is 1.75. The largest absolute Gasteiger partial charge is 0.379 e. The van der Waals surface area contributed by atoms with Gasteiger partial charge in [0.2, 0.25) is 0 Å². The molecule has 3 saturated carbocycles. The zero-order chi connectivity index (χ0) is 42.2. The Morgan fingerprint density at radius 2 is 1.37 bits per heavy atom. The highest BCUT2D eigenvalue weighted by Crippen LogP contribution is 2.58. The summed E-state index contributed by atoms with van der Waals surface area (Å²) in [7, 11) is 0. The van der Waals surface area contributed by atoms with E-state index in [1.165, 1.54) is 148 Å². The Morgan fingerprint density at radius 3 is 2.15 bits per heavy atom. The zero-order valence-electron chi connectivity index (χ0n) is 40.2. The Hall–Kier alpha value is -0.980. The number of nitrogens with zero attached hydrogens (tertiary/aromatic N) is 1. The topological polar surface area (TPSA) is 40.2 Å². The molecule has 5 aliphatic rings. The Morgan fingerprint density at radius 1 is 0.650 bits per heavy atom. The Bertz CT molecular complexity index is 1190. The molecule has 0 radical (unpaired) electrons. The number of hydrogen-bond donors (Lipinski definition) is 0. The van der Waals surface area contributed by atoms with Gasteiger partial charge in [-0.3, -0.25) is 4.90 Å². The number of hydrogen-bond acceptors (Lipinski definition) is 5. The summed E-state index contributed by atoms with van der Waals surface area (Å²) in [6.45, 7) is 16.8. The van der Waals surface area contributed by atoms with Gasteiger partial charge in [0, 0.05) is 25.2 Å². The van der Waals surface area contributed by atoms with Crippen LogP contribution in [0.4, 0.5) is 0 Å². The number of likely N-dealkylation sites (tertiary alicyclic amines) is 1. The van der Waals surface area contributed by atoms with Crippen LogP contribution in [0.5, 0.6) is 0 Å². The van der Waals surface area contributed by atoms with Gasteiger partial charge in [-0.1, -0.05) is 121 Å². The van der Waals surface area contributed by atoms with Gasteiger partial charge in [-0.2, -0.15) is 0 Å². The van der Waals surface area contributed by atoms with Crippen molar-refractivity contribution in [2.45, 2.75) is 226 Å². The van der Waals surface area contributed by atoms with Gasteiger partial charge in [-0.05, 0) is 158 Å². The molecule has 0 aromatic rings. The van der Waals surface area contributed by atoms with E-state index in [0.29, 0.717) is 51.2 Å². The monoisotopic (exact) mass is 836 g/mol. The number of unbranched alkanes of at least 4 members (excludes halogenated alkanes) is 10. The highest BCUT2D eigenvalue weighted by Gasteiger charge is 2.49. The molecule has 1 heterocycles. The molecule has 10 atom stereocenters. The van der Waals surface area contributed by atoms with Crippen LogP contribution >= 0.6 is 0 Å². The van der Waals surface area contributed by atoms with Crippen LogP contribution in [0.2, 0.25) is 0 Å². The van der Waals surface area contributed by atoms with Gasteiger partial charge in [0.15, 0.2) is 0 Å². The zero-order valence-corrected chi connectivity index (χ0v) is 40.2. The first kappa shape index (κ1) is 50.0. The molecule has 1 aliphatic heterocycles. The standard InChI is InChI=1S/C55H97NO4/c1-6-7-8-9-10-11-12-13-14-15-16-17-18-19-20-23-36-58-43-50(42-56-45(4)26-27-46(56)5)60-40-38-57-37-39-59-49-30-33-52-48(41-49)29-32-55-53-31-28-47(25-22-21-24-44(2)3)51(53)34-35-54(52)55/h10-11,13-14,29,44-47,49-55H,6-9,12,15-28,30-43H2,1-5H3/t45?,46?,47-,49-,50?,51?,52?,53?,54?,55?/m0/s1. The first-order valence-electron chi connectivity index (χ1n) is 26.6. The molecular weight excluding hydrogens is 739 g/mol. The van der Waals surface area contributed by atoms with Crippen molar-refractivity contribution in [3.8, 4) is 0 Å². The van der Waals surface area contributed by atoms with E-state index < -0.39 is 0 Å². The van der Waals surface area contributed by atoms with E-state index >= 15 is 0 Å². The lowest BCUT2D eigenvalue weighted by atomic mass is 9.56. The van der Waals surface area contributed by atoms with Crippen molar-refractivity contribution in [1.82, 2.24) is 4.90 Å². The number of fused-ring (bicyclic) bond motifs is 5. The summed E-state index contributed by atoms with van der Waals surface area (Å²) in [6, 6.07) is 1.24. The number of allylic oxidation sites excluding steroid dienone is 5. The molecule has 0 amide bonds. The third-order valence-corrected chi connectivity index (χ3v) is 16.0. The van der Waals surface area contributed by atoms with Crippen LogP contribution in [0, 0.1) is 41.4 Å². The van der Waals surface area contributed by atoms with Gasteiger partial charge in [-0.25, -0.2) is 0 Å². The van der Waals surface area contributed by atoms with Gasteiger partial charge in [0.1, 0.15) is 0 Å². The molecule has 0 aromatic heterocycles. The van der Waals surface area contributed by atoms with Gasteiger partial charge >= 0.3 is 0 Å². The second-order valence-corrected chi connectivity index (χ2v) is 20.9. The van der Waals surface area contributed by atoms with E-state index in [1.54, 1.807) is 5.57 Å². The van der Waals surface area contributed by atoms with E-state index in [1.807, 2.05) is 0 Å². The number of ether oxygens (including phenoxy) is 4. The van der Waals surface area contributed by atoms with E-state index in [-0.39, 0.29) is 6.10 Å². The minimum Gasteiger partial charge on any atom is -0.379 e. The summed E-state index contributed by atoms with van der Waals surface area (Å²) in [6.07, 6.45) is 47.4. The van der Waals surface area contributed by atoms with Crippen molar-refractivity contribution < 1.29 is 18.9 Å². The van der Waals surface area contributed by atoms with Crippen LogP contribution in [-0.4, -0.2) is 75.4 Å². The van der Waals surface area contributed by atoms with E-state index in [4.69, 9.17) is 18.9 Å². The van der Waals surface area contributed by atoms with Crippen molar-refractivity contribution in [2.75, 3.05) is 46.2 Å². The van der Waals surface area contributed by atoms with Crippen LogP contribution < -0.4 is 0 Å². The fourth-order valence-electron chi connectivity index (χ4n) is 12.5. The molecule has 0 aromatic carbocycles. The van der Waals surface area contributed by atoms with E-state index in [9.17, 15) is 0 Å². The van der Waals surface area contributed by atoms with Gasteiger partial charge in [0.05, 0.1) is 45.2 Å². The average molecular weight is 836 g/mol. The molecule has 5 nitrogen and oxygen atoms in total. The third kappa shape index (κ3) is 17.5. The van der Waals surface area contributed by atoms with Crippen LogP contribution in [0.25, 0.3) is 0 Å². The molecule has 0 N–H and O–H groups in total. The molecule has 1 saturated heterocycles. The lowest BCUT2D eigenvalue weighted by Crippen LogP contribution is -2.42. The minimum atomic E-state index is 0.0979. The van der Waals surface area contributed by atoms with Gasteiger partial charge in [0.25, 0.3) is 0 Å². The normalized spacial score (nSPS) is 30.0. The molecular formula is C55H97NO4. The fourth-order valence-corrected chi connectivity index (χ4v) is 12.5. The molecule has 0 spiro atoms. The Labute approximate surface area is 372 Å². The Balaban J connectivity index is 0.889. The van der Waals surface area contributed by atoms with Crippen LogP contribution in [0.3, 0.4) is 0 Å². The lowest BCUT2D eigenvalue weighted by Gasteiger charge is -2.50. The maximum atomic E-state index is 6.46. The highest BCUT2D eigenvalue weighted by atomic mass is 16.6. The maximum absolute atomic E-state index is 6.46.